The third-order valence-corrected chi connectivity index (χ3v) is 5.87. The number of carbonyl (C=O) groups is 1. The summed E-state index contributed by atoms with van der Waals surface area (Å²) in [6.45, 7) is 3.77. The second-order valence-corrected chi connectivity index (χ2v) is 7.81. The van der Waals surface area contributed by atoms with Gasteiger partial charge in [0.25, 0.3) is 0 Å². The highest BCUT2D eigenvalue weighted by Crippen LogP contribution is 2.48. The molecule has 0 aromatic heterocycles. The molecule has 29 heavy (non-hydrogen) atoms. The lowest BCUT2D eigenvalue weighted by Gasteiger charge is -2.37. The van der Waals surface area contributed by atoms with Crippen LogP contribution in [-0.2, 0) is 11.0 Å². The Balaban J connectivity index is 1.38. The number of aryl methyl sites for hydroxylation is 1. The third kappa shape index (κ3) is 4.09. The highest BCUT2D eigenvalue weighted by Gasteiger charge is 2.46. The van der Waals surface area contributed by atoms with E-state index in [2.05, 4.69) is 0 Å². The lowest BCUT2D eigenvalue weighted by molar-refractivity contribution is -0.137. The number of hydrogen-bond acceptors (Lipinski definition) is 2. The number of amides is 1. The van der Waals surface area contributed by atoms with Crippen LogP contribution in [0.25, 0.3) is 0 Å². The largest absolute Gasteiger partial charge is 0.416 e. The van der Waals surface area contributed by atoms with Crippen molar-refractivity contribution in [1.82, 2.24) is 4.90 Å². The maximum absolute atomic E-state index is 13.1. The monoisotopic (exact) mass is 406 g/mol. The summed E-state index contributed by atoms with van der Waals surface area (Å²) in [7, 11) is 0. The zero-order valence-electron chi connectivity index (χ0n) is 16.0. The van der Waals surface area contributed by atoms with Gasteiger partial charge < -0.3 is 9.80 Å². The molecule has 1 amide bonds. The average Bonchev–Trinajstić information content (AvgIpc) is 3.48. The standard InChI is InChI=1S/C22H22F4N2O/c1-14-2-5-16(22(24,25)26)12-20(14)27-8-10-28(11-9-27)21(29)19-13-18(19)15-3-6-17(23)7-4-15/h2-7,12,18-19H,8-11,13H2,1H3/t18-,19?/m1/s1. The smallest absolute Gasteiger partial charge is 0.368 e. The van der Waals surface area contributed by atoms with Gasteiger partial charge in [-0.15, -0.1) is 0 Å². The predicted octanol–water partition coefficient (Wildman–Crippen LogP) is 4.61. The number of benzene rings is 2. The van der Waals surface area contributed by atoms with Crippen LogP contribution in [0.1, 0.15) is 29.0 Å². The Bertz CT molecular complexity index is 902. The van der Waals surface area contributed by atoms with E-state index in [1.54, 1.807) is 24.0 Å². The number of nitrogens with zero attached hydrogens (tertiary/aromatic N) is 2. The Morgan fingerprint density at radius 1 is 1.00 bits per heavy atom. The van der Waals surface area contributed by atoms with E-state index < -0.39 is 11.7 Å². The van der Waals surface area contributed by atoms with Gasteiger partial charge in [0, 0.05) is 37.8 Å². The van der Waals surface area contributed by atoms with E-state index in [0.717, 1.165) is 23.6 Å². The van der Waals surface area contributed by atoms with E-state index in [1.165, 1.54) is 24.3 Å². The second-order valence-electron chi connectivity index (χ2n) is 7.81. The highest BCUT2D eigenvalue weighted by atomic mass is 19.4. The zero-order valence-corrected chi connectivity index (χ0v) is 16.0. The highest BCUT2D eigenvalue weighted by molar-refractivity contribution is 5.83. The molecule has 1 aliphatic heterocycles. The summed E-state index contributed by atoms with van der Waals surface area (Å²) in [6, 6.07) is 10.0. The Hall–Kier alpha value is -2.57. The number of carbonyl (C=O) groups excluding carboxylic acids is 1. The molecule has 1 aliphatic carbocycles. The van der Waals surface area contributed by atoms with Crippen molar-refractivity contribution in [3.05, 3.63) is 65.0 Å². The van der Waals surface area contributed by atoms with E-state index >= 15 is 0 Å². The van der Waals surface area contributed by atoms with E-state index in [1.807, 2.05) is 4.90 Å². The van der Waals surface area contributed by atoms with Crippen molar-refractivity contribution in [2.75, 3.05) is 31.1 Å². The molecule has 7 heteroatoms. The van der Waals surface area contributed by atoms with E-state index in [-0.39, 0.29) is 23.6 Å². The number of anilines is 1. The Kier molecular flexibility index (Phi) is 5.00. The van der Waals surface area contributed by atoms with Gasteiger partial charge in [-0.25, -0.2) is 4.39 Å². The number of piperazine rings is 1. The van der Waals surface area contributed by atoms with Gasteiger partial charge in [-0.3, -0.25) is 4.79 Å². The predicted molar refractivity (Wildman–Crippen MR) is 102 cm³/mol. The van der Waals surface area contributed by atoms with Crippen molar-refractivity contribution in [2.24, 2.45) is 5.92 Å². The molecule has 2 fully saturated rings. The van der Waals surface area contributed by atoms with Crippen LogP contribution in [0.2, 0.25) is 0 Å². The van der Waals surface area contributed by atoms with Crippen molar-refractivity contribution < 1.29 is 22.4 Å². The fraction of sp³-hybridized carbons (Fsp3) is 0.409. The van der Waals surface area contributed by atoms with Crippen LogP contribution in [0.15, 0.2) is 42.5 Å². The van der Waals surface area contributed by atoms with Crippen LogP contribution in [0.4, 0.5) is 23.2 Å². The maximum atomic E-state index is 13.1. The maximum Gasteiger partial charge on any atom is 0.416 e. The van der Waals surface area contributed by atoms with Gasteiger partial charge >= 0.3 is 6.18 Å². The Labute approximate surface area is 166 Å². The summed E-state index contributed by atoms with van der Waals surface area (Å²) < 4.78 is 52.2. The second kappa shape index (κ2) is 7.35. The minimum Gasteiger partial charge on any atom is -0.368 e. The molecule has 0 spiro atoms. The van der Waals surface area contributed by atoms with Gasteiger partial charge in [0.2, 0.25) is 5.91 Å². The molecule has 2 aliphatic rings. The number of hydrogen-bond donors (Lipinski definition) is 0. The van der Waals surface area contributed by atoms with Crippen LogP contribution < -0.4 is 4.90 Å². The van der Waals surface area contributed by atoms with E-state index in [4.69, 9.17) is 0 Å². The van der Waals surface area contributed by atoms with Gasteiger partial charge in [-0.2, -0.15) is 13.2 Å². The Morgan fingerprint density at radius 2 is 1.66 bits per heavy atom. The minimum atomic E-state index is -4.37. The van der Waals surface area contributed by atoms with Crippen LogP contribution >= 0.6 is 0 Å². The molecular weight excluding hydrogens is 384 g/mol. The minimum absolute atomic E-state index is 0.0812. The average molecular weight is 406 g/mol. The first kappa shape index (κ1) is 19.7. The third-order valence-electron chi connectivity index (χ3n) is 5.87. The van der Waals surface area contributed by atoms with Crippen molar-refractivity contribution in [3.63, 3.8) is 0 Å². The molecule has 1 saturated heterocycles. The fourth-order valence-electron chi connectivity index (χ4n) is 4.07. The van der Waals surface area contributed by atoms with Crippen LogP contribution in [0.5, 0.6) is 0 Å². The quantitative estimate of drug-likeness (QED) is 0.696. The van der Waals surface area contributed by atoms with Crippen LogP contribution in [0.3, 0.4) is 0 Å². The molecule has 4 rings (SSSR count). The molecular formula is C22H22F4N2O. The summed E-state index contributed by atoms with van der Waals surface area (Å²) in [5, 5.41) is 0. The molecule has 1 saturated carbocycles. The van der Waals surface area contributed by atoms with E-state index in [0.29, 0.717) is 31.9 Å². The summed E-state index contributed by atoms with van der Waals surface area (Å²) in [6.07, 6.45) is -3.61. The molecule has 0 bridgehead atoms. The van der Waals surface area contributed by atoms with Crippen molar-refractivity contribution >= 4 is 11.6 Å². The van der Waals surface area contributed by atoms with E-state index in [9.17, 15) is 22.4 Å². The van der Waals surface area contributed by atoms with Gasteiger partial charge in [-0.05, 0) is 54.7 Å². The number of alkyl halides is 3. The lowest BCUT2D eigenvalue weighted by atomic mass is 10.1. The summed E-state index contributed by atoms with van der Waals surface area (Å²) in [5.74, 6) is -0.160. The Morgan fingerprint density at radius 3 is 2.28 bits per heavy atom. The molecule has 2 aromatic rings. The molecule has 0 N–H and O–H groups in total. The molecule has 0 radical (unpaired) electrons. The number of rotatable bonds is 3. The van der Waals surface area contributed by atoms with Gasteiger partial charge in [0.15, 0.2) is 0 Å². The molecule has 1 heterocycles. The summed E-state index contributed by atoms with van der Waals surface area (Å²) in [5.41, 5.74) is 1.68. The first-order valence-electron chi connectivity index (χ1n) is 9.71. The normalized spacial score (nSPS) is 22.0. The lowest BCUT2D eigenvalue weighted by Crippen LogP contribution is -2.49. The van der Waals surface area contributed by atoms with Gasteiger partial charge in [0.05, 0.1) is 5.56 Å². The summed E-state index contributed by atoms with van der Waals surface area (Å²) in [4.78, 5) is 16.5. The molecule has 2 atom stereocenters. The first-order valence-corrected chi connectivity index (χ1v) is 9.71. The molecule has 3 nitrogen and oxygen atoms in total. The van der Waals surface area contributed by atoms with Crippen LogP contribution in [0, 0.1) is 18.7 Å². The molecule has 154 valence electrons. The van der Waals surface area contributed by atoms with Crippen LogP contribution in [-0.4, -0.2) is 37.0 Å². The summed E-state index contributed by atoms with van der Waals surface area (Å²) >= 11 is 0. The fourth-order valence-corrected chi connectivity index (χ4v) is 4.07. The molecule has 1 unspecified atom stereocenters. The van der Waals surface area contributed by atoms with Crippen molar-refractivity contribution in [3.8, 4) is 0 Å². The SMILES string of the molecule is Cc1ccc(C(F)(F)F)cc1N1CCN(C(=O)C2C[C@@H]2c2ccc(F)cc2)CC1. The molecule has 2 aromatic carbocycles. The van der Waals surface area contributed by atoms with Crippen molar-refractivity contribution in [1.29, 1.82) is 0 Å². The number of halogens is 4. The zero-order chi connectivity index (χ0) is 20.8. The van der Waals surface area contributed by atoms with Gasteiger partial charge in [0.1, 0.15) is 5.82 Å². The van der Waals surface area contributed by atoms with Gasteiger partial charge in [-0.1, -0.05) is 18.2 Å². The van der Waals surface area contributed by atoms with Crippen molar-refractivity contribution in [2.45, 2.75) is 25.4 Å². The first-order chi connectivity index (χ1) is 13.7. The topological polar surface area (TPSA) is 23.6 Å².